The highest BCUT2D eigenvalue weighted by molar-refractivity contribution is 8.03. The Hall–Kier alpha value is -1.81. The Morgan fingerprint density at radius 1 is 1.00 bits per heavy atom. The summed E-state index contributed by atoms with van der Waals surface area (Å²) >= 11 is 9.22. The van der Waals surface area contributed by atoms with Crippen LogP contribution in [0.15, 0.2) is 65.6 Å². The molecule has 0 saturated carbocycles. The number of Topliss-reactive ketones (excluding diaryl/α,β-unsaturated/α-hetero) is 1. The Balaban J connectivity index is 1.85. The van der Waals surface area contributed by atoms with Crippen molar-refractivity contribution in [1.82, 2.24) is 0 Å². The van der Waals surface area contributed by atoms with E-state index in [0.29, 0.717) is 10.6 Å². The zero-order chi connectivity index (χ0) is 18.5. The van der Waals surface area contributed by atoms with Crippen LogP contribution in [0.2, 0.25) is 5.02 Å². The van der Waals surface area contributed by atoms with Gasteiger partial charge in [0.2, 0.25) is 0 Å². The van der Waals surface area contributed by atoms with Crippen molar-refractivity contribution in [3.63, 3.8) is 0 Å². The Bertz CT molecular complexity index is 922. The largest absolute Gasteiger partial charge is 0.288 e. The molecule has 0 aliphatic rings. The van der Waals surface area contributed by atoms with Crippen molar-refractivity contribution in [2.75, 3.05) is 0 Å². The maximum absolute atomic E-state index is 13.0. The molecule has 3 aromatic rings. The molecule has 132 valence electrons. The highest BCUT2D eigenvalue weighted by Gasteiger charge is 2.14. The van der Waals surface area contributed by atoms with Gasteiger partial charge in [-0.1, -0.05) is 41.4 Å². The van der Waals surface area contributed by atoms with Gasteiger partial charge in [-0.05, 0) is 61.9 Å². The van der Waals surface area contributed by atoms with Gasteiger partial charge in [0.1, 0.15) is 0 Å². The van der Waals surface area contributed by atoms with Gasteiger partial charge >= 0.3 is 0 Å². The third-order valence-electron chi connectivity index (χ3n) is 3.88. The molecule has 0 fully saturated rings. The summed E-state index contributed by atoms with van der Waals surface area (Å²) in [4.78, 5) is 16.1. The fraction of sp³-hybridized carbons (Fsp3) is 0.136. The molecule has 2 aromatic carbocycles. The van der Waals surface area contributed by atoms with Gasteiger partial charge in [-0.25, -0.2) is 0 Å². The topological polar surface area (TPSA) is 17.1 Å². The number of thiophene rings is 1. The first kappa shape index (κ1) is 19.0. The number of ketones is 1. The molecule has 0 aliphatic heterocycles. The molecule has 4 heteroatoms. The van der Waals surface area contributed by atoms with Gasteiger partial charge in [-0.15, -0.1) is 23.1 Å². The Morgan fingerprint density at radius 2 is 1.69 bits per heavy atom. The van der Waals surface area contributed by atoms with E-state index in [1.165, 1.54) is 16.0 Å². The predicted molar refractivity (Wildman–Crippen MR) is 115 cm³/mol. The van der Waals surface area contributed by atoms with E-state index >= 15 is 0 Å². The molecule has 1 nitrogen and oxygen atoms in total. The van der Waals surface area contributed by atoms with Gasteiger partial charge < -0.3 is 0 Å². The molecule has 0 saturated heterocycles. The molecule has 3 rings (SSSR count). The molecule has 0 amide bonds. The maximum Gasteiger partial charge on any atom is 0.199 e. The molecule has 0 bridgehead atoms. The van der Waals surface area contributed by atoms with E-state index in [0.717, 1.165) is 15.5 Å². The summed E-state index contributed by atoms with van der Waals surface area (Å²) in [6.45, 7) is 4.15. The molecule has 1 heterocycles. The Labute approximate surface area is 167 Å². The zero-order valence-electron chi connectivity index (χ0n) is 14.7. The molecule has 0 unspecified atom stereocenters. The summed E-state index contributed by atoms with van der Waals surface area (Å²) in [5.74, 6) is 0.792. The number of halogens is 1. The van der Waals surface area contributed by atoms with Crippen molar-refractivity contribution in [3.05, 3.63) is 97.0 Å². The second-order valence-corrected chi connectivity index (χ2v) is 8.84. The number of hydrogen-bond donors (Lipinski definition) is 0. The molecule has 0 N–H and O–H groups in total. The minimum atomic E-state index is 0.0323. The minimum absolute atomic E-state index is 0.0323. The Kier molecular flexibility index (Phi) is 6.36. The molecule has 0 spiro atoms. The normalized spacial score (nSPS) is 11.6. The van der Waals surface area contributed by atoms with Crippen LogP contribution < -0.4 is 0 Å². The highest BCUT2D eigenvalue weighted by Crippen LogP contribution is 2.29. The third-order valence-corrected chi connectivity index (χ3v) is 6.17. The van der Waals surface area contributed by atoms with Crippen LogP contribution in [0.25, 0.3) is 6.08 Å². The predicted octanol–water partition coefficient (Wildman–Crippen LogP) is 7.18. The number of allylic oxidation sites excluding steroid dienone is 1. The van der Waals surface area contributed by atoms with Gasteiger partial charge in [-0.3, -0.25) is 4.79 Å². The van der Waals surface area contributed by atoms with E-state index in [-0.39, 0.29) is 5.78 Å². The molecule has 0 aliphatic carbocycles. The first-order valence-electron chi connectivity index (χ1n) is 8.28. The average Bonchev–Trinajstić information content (AvgIpc) is 3.05. The summed E-state index contributed by atoms with van der Waals surface area (Å²) < 4.78 is 0. The quantitative estimate of drug-likeness (QED) is 0.323. The van der Waals surface area contributed by atoms with Crippen molar-refractivity contribution in [2.45, 2.75) is 19.6 Å². The monoisotopic (exact) mass is 398 g/mol. The van der Waals surface area contributed by atoms with Crippen LogP contribution in [0.5, 0.6) is 0 Å². The second kappa shape index (κ2) is 8.72. The summed E-state index contributed by atoms with van der Waals surface area (Å²) in [5, 5.41) is 0.633. The van der Waals surface area contributed by atoms with Crippen molar-refractivity contribution in [2.24, 2.45) is 0 Å². The van der Waals surface area contributed by atoms with Crippen LogP contribution in [0.3, 0.4) is 0 Å². The van der Waals surface area contributed by atoms with Crippen LogP contribution in [0, 0.1) is 13.8 Å². The van der Waals surface area contributed by atoms with E-state index in [1.807, 2.05) is 6.08 Å². The van der Waals surface area contributed by atoms with E-state index < -0.39 is 0 Å². The number of benzene rings is 2. The van der Waals surface area contributed by atoms with Crippen LogP contribution in [0.1, 0.15) is 31.2 Å². The summed E-state index contributed by atoms with van der Waals surface area (Å²) in [7, 11) is 0. The van der Waals surface area contributed by atoms with Gasteiger partial charge in [0.05, 0.1) is 4.91 Å². The number of aryl methyl sites for hydroxylation is 2. The van der Waals surface area contributed by atoms with Crippen LogP contribution in [-0.2, 0) is 5.75 Å². The van der Waals surface area contributed by atoms with E-state index in [9.17, 15) is 4.79 Å². The molecular weight excluding hydrogens is 380 g/mol. The maximum atomic E-state index is 13.0. The van der Waals surface area contributed by atoms with Gasteiger partial charge in [0.15, 0.2) is 5.78 Å². The fourth-order valence-electron chi connectivity index (χ4n) is 2.42. The first-order chi connectivity index (χ1) is 12.5. The smallest absolute Gasteiger partial charge is 0.199 e. The lowest BCUT2D eigenvalue weighted by molar-refractivity contribution is 0.104. The lowest BCUT2D eigenvalue weighted by atomic mass is 10.1. The Morgan fingerprint density at radius 3 is 2.31 bits per heavy atom. The number of carbonyl (C=O) groups is 1. The van der Waals surface area contributed by atoms with Crippen molar-refractivity contribution < 1.29 is 4.79 Å². The SMILES string of the molecule is Cc1ccc(CS/C(=C/c2ccc(C)s2)C(=O)c2ccc(Cl)cc2)cc1. The highest BCUT2D eigenvalue weighted by atomic mass is 35.5. The number of carbonyl (C=O) groups excluding carboxylic acids is 1. The lowest BCUT2D eigenvalue weighted by Crippen LogP contribution is -2.01. The third kappa shape index (κ3) is 5.10. The second-order valence-electron chi connectivity index (χ2n) is 6.07. The lowest BCUT2D eigenvalue weighted by Gasteiger charge is -2.08. The van der Waals surface area contributed by atoms with Crippen molar-refractivity contribution in [3.8, 4) is 0 Å². The average molecular weight is 399 g/mol. The van der Waals surface area contributed by atoms with E-state index in [1.54, 1.807) is 47.4 Å². The molecule has 0 radical (unpaired) electrons. The molecule has 26 heavy (non-hydrogen) atoms. The standard InChI is InChI=1S/C22H19ClOS2/c1-15-3-6-17(7-4-15)14-25-21(13-20-12-5-16(2)26-20)22(24)18-8-10-19(23)11-9-18/h3-13H,14H2,1-2H3/b21-13+. The van der Waals surface area contributed by atoms with Gasteiger partial charge in [0, 0.05) is 26.1 Å². The minimum Gasteiger partial charge on any atom is -0.288 e. The summed E-state index contributed by atoms with van der Waals surface area (Å²) in [6, 6.07) is 19.6. The van der Waals surface area contributed by atoms with Gasteiger partial charge in [-0.2, -0.15) is 0 Å². The van der Waals surface area contributed by atoms with Crippen molar-refractivity contribution in [1.29, 1.82) is 0 Å². The van der Waals surface area contributed by atoms with E-state index in [4.69, 9.17) is 11.6 Å². The van der Waals surface area contributed by atoms with Gasteiger partial charge in [0.25, 0.3) is 0 Å². The molecule has 0 atom stereocenters. The summed E-state index contributed by atoms with van der Waals surface area (Å²) in [5.41, 5.74) is 3.10. The van der Waals surface area contributed by atoms with Crippen LogP contribution in [-0.4, -0.2) is 5.78 Å². The van der Waals surface area contributed by atoms with Crippen LogP contribution >= 0.6 is 34.7 Å². The molecule has 1 aromatic heterocycles. The number of thioether (sulfide) groups is 1. The van der Waals surface area contributed by atoms with Crippen LogP contribution in [0.4, 0.5) is 0 Å². The van der Waals surface area contributed by atoms with Crippen molar-refractivity contribution >= 4 is 46.6 Å². The fourth-order valence-corrected chi connectivity index (χ4v) is 4.42. The zero-order valence-corrected chi connectivity index (χ0v) is 17.0. The molecular formula is C22H19ClOS2. The number of hydrogen-bond acceptors (Lipinski definition) is 3. The first-order valence-corrected chi connectivity index (χ1v) is 10.5. The summed E-state index contributed by atoms with van der Waals surface area (Å²) in [6.07, 6.45) is 1.99. The number of rotatable bonds is 6. The van der Waals surface area contributed by atoms with E-state index in [2.05, 4.69) is 50.2 Å².